The summed E-state index contributed by atoms with van der Waals surface area (Å²) in [5, 5.41) is 0.720. The third-order valence-corrected chi connectivity index (χ3v) is 6.61. The van der Waals surface area contributed by atoms with E-state index in [0.29, 0.717) is 26.2 Å². The summed E-state index contributed by atoms with van der Waals surface area (Å²) >= 11 is 6.06. The predicted molar refractivity (Wildman–Crippen MR) is 122 cm³/mol. The van der Waals surface area contributed by atoms with Crippen molar-refractivity contribution in [3.05, 3.63) is 95.0 Å². The standard InChI is InChI=1S/C25H25ClN4O2/c26-22-5-3-19(4-6-22)15-29-17-23(21-2-1-9-28-14-21)25(18-29)24(31)30(12-13-32-25)16-20-7-10-27-11-8-20/h1-11,14,23H,12-13,15-18H2/t23-,25-/m1/s1. The summed E-state index contributed by atoms with van der Waals surface area (Å²) in [6, 6.07) is 15.7. The van der Waals surface area contributed by atoms with Crippen LogP contribution < -0.4 is 0 Å². The minimum absolute atomic E-state index is 0.0491. The molecule has 164 valence electrons. The van der Waals surface area contributed by atoms with E-state index in [2.05, 4.69) is 14.9 Å². The molecule has 5 rings (SSSR count). The van der Waals surface area contributed by atoms with Crippen LogP contribution in [0.3, 0.4) is 0 Å². The molecule has 2 fully saturated rings. The third kappa shape index (κ3) is 4.13. The van der Waals surface area contributed by atoms with Crippen LogP contribution in [0.2, 0.25) is 5.02 Å². The van der Waals surface area contributed by atoms with Gasteiger partial charge in [0.25, 0.3) is 5.91 Å². The minimum Gasteiger partial charge on any atom is -0.361 e. The fraction of sp³-hybridized carbons (Fsp3) is 0.320. The van der Waals surface area contributed by atoms with Crippen molar-refractivity contribution in [2.75, 3.05) is 26.2 Å². The summed E-state index contributed by atoms with van der Waals surface area (Å²) in [5.41, 5.74) is 2.35. The van der Waals surface area contributed by atoms with Gasteiger partial charge in [0.05, 0.1) is 6.61 Å². The van der Waals surface area contributed by atoms with E-state index in [1.807, 2.05) is 59.6 Å². The van der Waals surface area contributed by atoms with Crippen molar-refractivity contribution < 1.29 is 9.53 Å². The summed E-state index contributed by atoms with van der Waals surface area (Å²) < 4.78 is 6.37. The van der Waals surface area contributed by atoms with Crippen LogP contribution in [0.15, 0.2) is 73.3 Å². The van der Waals surface area contributed by atoms with Gasteiger partial charge in [-0.3, -0.25) is 19.7 Å². The highest BCUT2D eigenvalue weighted by Gasteiger charge is 2.56. The number of carbonyl (C=O) groups excluding carboxylic acids is 1. The van der Waals surface area contributed by atoms with Crippen molar-refractivity contribution in [2.45, 2.75) is 24.6 Å². The van der Waals surface area contributed by atoms with Gasteiger partial charge in [0.15, 0.2) is 5.60 Å². The molecule has 1 amide bonds. The second-order valence-electron chi connectivity index (χ2n) is 8.46. The molecular formula is C25H25ClN4O2. The van der Waals surface area contributed by atoms with Crippen LogP contribution in [-0.2, 0) is 22.6 Å². The average molecular weight is 449 g/mol. The van der Waals surface area contributed by atoms with Crippen molar-refractivity contribution in [2.24, 2.45) is 0 Å². The Hall–Kier alpha value is -2.80. The number of hydrogen-bond donors (Lipinski definition) is 0. The number of likely N-dealkylation sites (tertiary alicyclic amines) is 1. The molecule has 0 aliphatic carbocycles. The number of aromatic nitrogens is 2. The fourth-order valence-electron chi connectivity index (χ4n) is 4.83. The SMILES string of the molecule is O=C1N(Cc2ccncc2)CCO[C@@]12CN(Cc1ccc(Cl)cc1)C[C@@H]2c1cccnc1. The average Bonchev–Trinajstić information content (AvgIpc) is 3.18. The van der Waals surface area contributed by atoms with E-state index >= 15 is 0 Å². The Bertz CT molecular complexity index is 1060. The Kier molecular flexibility index (Phi) is 5.91. The summed E-state index contributed by atoms with van der Waals surface area (Å²) in [6.07, 6.45) is 7.14. The first-order chi connectivity index (χ1) is 15.6. The van der Waals surface area contributed by atoms with Crippen LogP contribution in [0.5, 0.6) is 0 Å². The smallest absolute Gasteiger partial charge is 0.257 e. The molecule has 32 heavy (non-hydrogen) atoms. The molecule has 2 aliphatic heterocycles. The first kappa shape index (κ1) is 21.1. The number of nitrogens with zero attached hydrogens (tertiary/aromatic N) is 4. The molecule has 6 nitrogen and oxygen atoms in total. The number of ether oxygens (including phenoxy) is 1. The number of benzene rings is 1. The Morgan fingerprint density at radius 2 is 1.78 bits per heavy atom. The van der Waals surface area contributed by atoms with Gasteiger partial charge < -0.3 is 9.64 Å². The van der Waals surface area contributed by atoms with E-state index in [1.54, 1.807) is 18.6 Å². The molecular weight excluding hydrogens is 424 g/mol. The molecule has 2 atom stereocenters. The van der Waals surface area contributed by atoms with Crippen LogP contribution in [-0.4, -0.2) is 57.5 Å². The zero-order chi connectivity index (χ0) is 22.0. The number of morpholine rings is 1. The second-order valence-corrected chi connectivity index (χ2v) is 8.89. The topological polar surface area (TPSA) is 58.6 Å². The fourth-order valence-corrected chi connectivity index (χ4v) is 4.96. The lowest BCUT2D eigenvalue weighted by atomic mass is 9.83. The van der Waals surface area contributed by atoms with Crippen molar-refractivity contribution in [1.29, 1.82) is 0 Å². The van der Waals surface area contributed by atoms with Gasteiger partial charge in [0.2, 0.25) is 0 Å². The highest BCUT2D eigenvalue weighted by atomic mass is 35.5. The van der Waals surface area contributed by atoms with Gasteiger partial charge in [-0.25, -0.2) is 0 Å². The van der Waals surface area contributed by atoms with E-state index in [-0.39, 0.29) is 11.8 Å². The monoisotopic (exact) mass is 448 g/mol. The predicted octanol–water partition coefficient (Wildman–Crippen LogP) is 3.53. The number of rotatable bonds is 5. The number of amides is 1. The quantitative estimate of drug-likeness (QED) is 0.597. The maximum absolute atomic E-state index is 13.9. The Labute approximate surface area is 192 Å². The van der Waals surface area contributed by atoms with Crippen molar-refractivity contribution >= 4 is 17.5 Å². The molecule has 1 spiro atoms. The van der Waals surface area contributed by atoms with Gasteiger partial charge in [-0.15, -0.1) is 0 Å². The maximum Gasteiger partial charge on any atom is 0.257 e. The molecule has 0 N–H and O–H groups in total. The zero-order valence-corrected chi connectivity index (χ0v) is 18.5. The van der Waals surface area contributed by atoms with Crippen LogP contribution in [0.1, 0.15) is 22.6 Å². The number of pyridine rings is 2. The maximum atomic E-state index is 13.9. The molecule has 2 aromatic heterocycles. The Morgan fingerprint density at radius 3 is 2.53 bits per heavy atom. The highest BCUT2D eigenvalue weighted by Crippen LogP contribution is 2.42. The molecule has 0 radical (unpaired) electrons. The molecule has 7 heteroatoms. The molecule has 0 saturated carbocycles. The number of halogens is 1. The molecule has 1 aromatic carbocycles. The van der Waals surface area contributed by atoms with Gasteiger partial charge >= 0.3 is 0 Å². The Balaban J connectivity index is 1.44. The molecule has 0 bridgehead atoms. The normalized spacial score (nSPS) is 23.7. The Morgan fingerprint density at radius 1 is 1.00 bits per heavy atom. The summed E-state index contributed by atoms with van der Waals surface area (Å²) in [6.45, 7) is 3.66. The van der Waals surface area contributed by atoms with Gasteiger partial charge in [0, 0.05) is 68.5 Å². The van der Waals surface area contributed by atoms with Crippen molar-refractivity contribution in [3.8, 4) is 0 Å². The van der Waals surface area contributed by atoms with Crippen LogP contribution in [0.25, 0.3) is 0 Å². The third-order valence-electron chi connectivity index (χ3n) is 6.36. The summed E-state index contributed by atoms with van der Waals surface area (Å²) in [5.74, 6) is -0.0377. The van der Waals surface area contributed by atoms with Gasteiger partial charge in [-0.05, 0) is 47.0 Å². The minimum atomic E-state index is -0.916. The van der Waals surface area contributed by atoms with E-state index in [1.165, 1.54) is 0 Å². The van der Waals surface area contributed by atoms with Crippen molar-refractivity contribution in [3.63, 3.8) is 0 Å². The van der Waals surface area contributed by atoms with Crippen molar-refractivity contribution in [1.82, 2.24) is 19.8 Å². The number of carbonyl (C=O) groups is 1. The lowest BCUT2D eigenvalue weighted by Crippen LogP contribution is -2.59. The number of hydrogen-bond acceptors (Lipinski definition) is 5. The van der Waals surface area contributed by atoms with Gasteiger partial charge in [0.1, 0.15) is 0 Å². The van der Waals surface area contributed by atoms with Crippen LogP contribution >= 0.6 is 11.6 Å². The second kappa shape index (κ2) is 8.98. The zero-order valence-electron chi connectivity index (χ0n) is 17.7. The molecule has 3 aromatic rings. The lowest BCUT2D eigenvalue weighted by molar-refractivity contribution is -0.173. The lowest BCUT2D eigenvalue weighted by Gasteiger charge is -2.42. The highest BCUT2D eigenvalue weighted by molar-refractivity contribution is 6.30. The molecule has 4 heterocycles. The first-order valence-corrected chi connectivity index (χ1v) is 11.2. The first-order valence-electron chi connectivity index (χ1n) is 10.8. The largest absolute Gasteiger partial charge is 0.361 e. The molecule has 2 saturated heterocycles. The van der Waals surface area contributed by atoms with E-state index in [4.69, 9.17) is 16.3 Å². The molecule has 2 aliphatic rings. The van der Waals surface area contributed by atoms with E-state index in [0.717, 1.165) is 34.8 Å². The van der Waals surface area contributed by atoms with E-state index in [9.17, 15) is 4.79 Å². The van der Waals surface area contributed by atoms with Gasteiger partial charge in [-0.1, -0.05) is 29.8 Å². The van der Waals surface area contributed by atoms with E-state index < -0.39 is 5.60 Å². The summed E-state index contributed by atoms with van der Waals surface area (Å²) in [7, 11) is 0. The van der Waals surface area contributed by atoms with Crippen LogP contribution in [0, 0.1) is 0 Å². The van der Waals surface area contributed by atoms with Gasteiger partial charge in [-0.2, -0.15) is 0 Å². The summed E-state index contributed by atoms with van der Waals surface area (Å²) in [4.78, 5) is 26.5. The van der Waals surface area contributed by atoms with Crippen LogP contribution in [0.4, 0.5) is 0 Å². The molecule has 0 unspecified atom stereocenters.